The first-order valence-electron chi connectivity index (χ1n) is 8.98. The number of aliphatic hydroxyl groups is 1. The summed E-state index contributed by atoms with van der Waals surface area (Å²) in [5.41, 5.74) is -0.379. The molecule has 0 radical (unpaired) electrons. The van der Waals surface area contributed by atoms with Crippen molar-refractivity contribution in [1.82, 2.24) is 4.90 Å². The van der Waals surface area contributed by atoms with Gasteiger partial charge >= 0.3 is 5.69 Å². The van der Waals surface area contributed by atoms with Gasteiger partial charge in [0, 0.05) is 25.2 Å². The number of likely N-dealkylation sites (N-methyl/N-ethyl adjacent to an activating group) is 1. The number of nitriles is 1. The molecule has 9 nitrogen and oxygen atoms in total. The number of phenols is 1. The molecule has 2 aromatic rings. The zero-order chi connectivity index (χ0) is 22.3. The van der Waals surface area contributed by atoms with Crippen molar-refractivity contribution in [3.63, 3.8) is 0 Å². The number of nitrogens with zero attached hydrogens (tertiary/aromatic N) is 3. The molecular weight excluding hydrogens is 390 g/mol. The Morgan fingerprint density at radius 1 is 1.30 bits per heavy atom. The number of methoxy groups -OCH3 is 1. The number of rotatable bonds is 8. The van der Waals surface area contributed by atoms with Gasteiger partial charge in [0.25, 0.3) is 5.91 Å². The Morgan fingerprint density at radius 3 is 2.53 bits per heavy atom. The van der Waals surface area contributed by atoms with Crippen LogP contribution >= 0.6 is 0 Å². The number of nitro groups is 1. The van der Waals surface area contributed by atoms with Gasteiger partial charge in [-0.1, -0.05) is 30.3 Å². The second-order valence-electron chi connectivity index (χ2n) is 6.45. The highest BCUT2D eigenvalue weighted by atomic mass is 16.6. The number of hydrogen-bond acceptors (Lipinski definition) is 7. The lowest BCUT2D eigenvalue weighted by Gasteiger charge is -2.17. The molecule has 0 saturated carbocycles. The van der Waals surface area contributed by atoms with E-state index >= 15 is 0 Å². The Bertz CT molecular complexity index is 1010. The van der Waals surface area contributed by atoms with Crippen molar-refractivity contribution < 1.29 is 24.7 Å². The molecule has 0 unspecified atom stereocenters. The SMILES string of the molecule is COc1cc(/C(O)=C(\C#N)C(=O)N(C)CCCc2ccccc2)cc([N+](=O)[O-])c1O. The van der Waals surface area contributed by atoms with E-state index in [1.54, 1.807) is 6.07 Å². The first-order chi connectivity index (χ1) is 14.3. The predicted molar refractivity (Wildman–Crippen MR) is 109 cm³/mol. The number of ether oxygens (including phenoxy) is 1. The molecule has 0 fully saturated rings. The number of amides is 1. The molecule has 9 heteroatoms. The minimum atomic E-state index is -0.863. The highest BCUT2D eigenvalue weighted by Gasteiger charge is 2.25. The van der Waals surface area contributed by atoms with Gasteiger partial charge in [-0.15, -0.1) is 0 Å². The van der Waals surface area contributed by atoms with Crippen LogP contribution in [-0.2, 0) is 11.2 Å². The Morgan fingerprint density at radius 2 is 1.97 bits per heavy atom. The maximum absolute atomic E-state index is 12.6. The summed E-state index contributed by atoms with van der Waals surface area (Å²) in [5.74, 6) is -2.45. The van der Waals surface area contributed by atoms with E-state index in [2.05, 4.69) is 0 Å². The third kappa shape index (κ3) is 5.05. The monoisotopic (exact) mass is 411 g/mol. The highest BCUT2D eigenvalue weighted by Crippen LogP contribution is 2.38. The summed E-state index contributed by atoms with van der Waals surface area (Å²) in [5, 5.41) is 40.9. The van der Waals surface area contributed by atoms with Gasteiger partial charge in [0.15, 0.2) is 11.3 Å². The number of nitro benzene ring substituents is 1. The molecule has 0 bridgehead atoms. The fourth-order valence-electron chi connectivity index (χ4n) is 2.83. The normalized spacial score (nSPS) is 11.2. The summed E-state index contributed by atoms with van der Waals surface area (Å²) in [6.07, 6.45) is 1.38. The molecule has 0 atom stereocenters. The van der Waals surface area contributed by atoms with E-state index in [4.69, 9.17) is 4.74 Å². The molecule has 2 N–H and O–H groups in total. The number of carbonyl (C=O) groups excluding carboxylic acids is 1. The van der Waals surface area contributed by atoms with Gasteiger partial charge in [-0.3, -0.25) is 14.9 Å². The van der Waals surface area contributed by atoms with E-state index in [0.717, 1.165) is 24.1 Å². The fraction of sp³-hybridized carbons (Fsp3) is 0.238. The lowest BCUT2D eigenvalue weighted by Crippen LogP contribution is -2.29. The third-order valence-corrected chi connectivity index (χ3v) is 4.46. The van der Waals surface area contributed by atoms with Crippen molar-refractivity contribution >= 4 is 17.4 Å². The van der Waals surface area contributed by atoms with Gasteiger partial charge in [-0.2, -0.15) is 5.26 Å². The molecule has 0 aliphatic carbocycles. The van der Waals surface area contributed by atoms with Crippen LogP contribution in [0, 0.1) is 21.4 Å². The van der Waals surface area contributed by atoms with Crippen molar-refractivity contribution in [2.24, 2.45) is 0 Å². The second kappa shape index (κ2) is 9.93. The Hall–Kier alpha value is -4.06. The zero-order valence-corrected chi connectivity index (χ0v) is 16.5. The first-order valence-corrected chi connectivity index (χ1v) is 8.98. The smallest absolute Gasteiger partial charge is 0.315 e. The molecule has 1 amide bonds. The van der Waals surface area contributed by atoms with Gasteiger partial charge in [-0.25, -0.2) is 0 Å². The van der Waals surface area contributed by atoms with Crippen molar-refractivity contribution in [3.8, 4) is 17.6 Å². The average Bonchev–Trinajstić information content (AvgIpc) is 2.74. The Labute approximate surface area is 173 Å². The predicted octanol–water partition coefficient (Wildman–Crippen LogP) is 3.19. The van der Waals surface area contributed by atoms with Crippen LogP contribution < -0.4 is 4.74 Å². The van der Waals surface area contributed by atoms with Gasteiger partial charge < -0.3 is 19.8 Å². The lowest BCUT2D eigenvalue weighted by molar-refractivity contribution is -0.386. The first kappa shape index (κ1) is 22.2. The molecule has 0 aliphatic heterocycles. The summed E-state index contributed by atoms with van der Waals surface area (Å²) < 4.78 is 4.88. The number of carbonyl (C=O) groups is 1. The van der Waals surface area contributed by atoms with Gasteiger partial charge in [-0.05, 0) is 24.5 Å². The lowest BCUT2D eigenvalue weighted by atomic mass is 10.1. The van der Waals surface area contributed by atoms with Gasteiger partial charge in [0.1, 0.15) is 11.8 Å². The summed E-state index contributed by atoms with van der Waals surface area (Å²) in [6.45, 7) is 0.339. The summed E-state index contributed by atoms with van der Waals surface area (Å²) in [6, 6.07) is 13.3. The number of phenolic OH excluding ortho intramolecular Hbond substituents is 1. The van der Waals surface area contributed by atoms with Gasteiger partial charge in [0.2, 0.25) is 5.75 Å². The molecular formula is C21H21N3O6. The number of hydrogen-bond donors (Lipinski definition) is 2. The number of benzene rings is 2. The highest BCUT2D eigenvalue weighted by molar-refractivity contribution is 6.03. The average molecular weight is 411 g/mol. The molecule has 0 saturated heterocycles. The standard InChI is InChI=1S/C21H21N3O6/c1-23(10-6-9-14-7-4-3-5-8-14)21(27)16(13-22)19(25)15-11-17(24(28)29)20(26)18(12-15)30-2/h3-5,7-8,11-12,25-26H,6,9-10H2,1-2H3/b19-16-. The maximum Gasteiger partial charge on any atom is 0.315 e. The third-order valence-electron chi connectivity index (χ3n) is 4.46. The van der Waals surface area contributed by atoms with Crippen molar-refractivity contribution in [2.45, 2.75) is 12.8 Å². The van der Waals surface area contributed by atoms with E-state index in [1.165, 1.54) is 19.1 Å². The van der Waals surface area contributed by atoms with E-state index in [1.807, 2.05) is 30.3 Å². The van der Waals surface area contributed by atoms with Crippen molar-refractivity contribution in [1.29, 1.82) is 5.26 Å². The molecule has 30 heavy (non-hydrogen) atoms. The van der Waals surface area contributed by atoms with Crippen molar-refractivity contribution in [3.05, 3.63) is 69.3 Å². The number of aryl methyl sites for hydroxylation is 1. The largest absolute Gasteiger partial charge is 0.506 e. The van der Waals surface area contributed by atoms with Crippen LogP contribution in [0.3, 0.4) is 0 Å². The minimum absolute atomic E-state index is 0.195. The van der Waals surface area contributed by atoms with Crippen LogP contribution in [-0.4, -0.2) is 46.6 Å². The summed E-state index contributed by atoms with van der Waals surface area (Å²) >= 11 is 0. The Kier molecular flexibility index (Phi) is 7.36. The zero-order valence-electron chi connectivity index (χ0n) is 16.5. The number of aromatic hydroxyl groups is 1. The van der Waals surface area contributed by atoms with Gasteiger partial charge in [0.05, 0.1) is 12.0 Å². The van der Waals surface area contributed by atoms with Crippen LogP contribution in [0.2, 0.25) is 0 Å². The van der Waals surface area contributed by atoms with Crippen molar-refractivity contribution in [2.75, 3.05) is 20.7 Å². The maximum atomic E-state index is 12.6. The summed E-state index contributed by atoms with van der Waals surface area (Å²) in [4.78, 5) is 24.2. The fourth-order valence-corrected chi connectivity index (χ4v) is 2.83. The molecule has 2 aromatic carbocycles. The molecule has 0 aromatic heterocycles. The van der Waals surface area contributed by atoms with Crippen LogP contribution in [0.15, 0.2) is 48.0 Å². The van der Waals surface area contributed by atoms with Crippen LogP contribution in [0.5, 0.6) is 11.5 Å². The molecule has 2 rings (SSSR count). The molecule has 0 heterocycles. The topological polar surface area (TPSA) is 137 Å². The Balaban J connectivity index is 2.25. The van der Waals surface area contributed by atoms with Crippen LogP contribution in [0.1, 0.15) is 17.5 Å². The summed E-state index contributed by atoms with van der Waals surface area (Å²) in [7, 11) is 2.68. The van der Waals surface area contributed by atoms with E-state index in [0.29, 0.717) is 13.0 Å². The number of aliphatic hydroxyl groups excluding tert-OH is 1. The minimum Gasteiger partial charge on any atom is -0.506 e. The molecule has 0 aliphatic rings. The molecule has 156 valence electrons. The van der Waals surface area contributed by atoms with E-state index < -0.39 is 33.6 Å². The van der Waals surface area contributed by atoms with E-state index in [9.17, 15) is 30.4 Å². The quantitative estimate of drug-likeness (QED) is 0.224. The van der Waals surface area contributed by atoms with E-state index in [-0.39, 0.29) is 11.3 Å². The molecule has 0 spiro atoms. The van der Waals surface area contributed by atoms with Crippen LogP contribution in [0.25, 0.3) is 5.76 Å². The van der Waals surface area contributed by atoms with Crippen LogP contribution in [0.4, 0.5) is 5.69 Å². The second-order valence-corrected chi connectivity index (χ2v) is 6.45.